The standard InChI is InChI=1S/C18H23N5O2/c1-22-20-17(19-21-22)11-13-23-12-3-4-16(23)15-8-5-14(6-9-15)7-10-18(24)25-2/h5-10,16H,3-4,11-13H2,1-2H3/b10-7+. The maximum Gasteiger partial charge on any atom is 0.330 e. The summed E-state index contributed by atoms with van der Waals surface area (Å²) in [7, 11) is 3.16. The lowest BCUT2D eigenvalue weighted by Crippen LogP contribution is -2.26. The third kappa shape index (κ3) is 4.51. The maximum atomic E-state index is 11.2. The Labute approximate surface area is 147 Å². The van der Waals surface area contributed by atoms with Crippen molar-refractivity contribution in [2.75, 3.05) is 20.2 Å². The van der Waals surface area contributed by atoms with Crippen LogP contribution in [0.5, 0.6) is 0 Å². The Morgan fingerprint density at radius 2 is 2.16 bits per heavy atom. The van der Waals surface area contributed by atoms with Crippen molar-refractivity contribution in [3.05, 3.63) is 47.3 Å². The minimum atomic E-state index is -0.344. The first-order valence-corrected chi connectivity index (χ1v) is 8.48. The zero-order chi connectivity index (χ0) is 17.6. The molecule has 1 fully saturated rings. The molecule has 1 aromatic carbocycles. The molecule has 0 saturated carbocycles. The second-order valence-electron chi connectivity index (χ2n) is 6.16. The number of rotatable bonds is 6. The van der Waals surface area contributed by atoms with Crippen molar-refractivity contribution in [3.63, 3.8) is 0 Å². The number of nitrogens with zero attached hydrogens (tertiary/aromatic N) is 5. The first-order chi connectivity index (χ1) is 12.2. The normalized spacial score (nSPS) is 18.1. The molecule has 1 atom stereocenters. The number of benzene rings is 1. The fourth-order valence-corrected chi connectivity index (χ4v) is 3.20. The molecule has 0 N–H and O–H groups in total. The average molecular weight is 341 g/mol. The lowest BCUT2D eigenvalue weighted by Gasteiger charge is -2.24. The van der Waals surface area contributed by atoms with Crippen molar-refractivity contribution in [2.45, 2.75) is 25.3 Å². The van der Waals surface area contributed by atoms with Gasteiger partial charge in [0.15, 0.2) is 5.82 Å². The van der Waals surface area contributed by atoms with Gasteiger partial charge in [-0.15, -0.1) is 10.2 Å². The quantitative estimate of drug-likeness (QED) is 0.589. The summed E-state index contributed by atoms with van der Waals surface area (Å²) in [6.45, 7) is 2.02. The van der Waals surface area contributed by atoms with E-state index < -0.39 is 0 Å². The molecule has 0 spiro atoms. The van der Waals surface area contributed by atoms with Crippen molar-refractivity contribution in [3.8, 4) is 0 Å². The number of aryl methyl sites for hydroxylation is 1. The SMILES string of the molecule is COC(=O)/C=C/c1ccc(C2CCCN2CCc2nnn(C)n2)cc1. The molecule has 3 rings (SSSR count). The molecule has 1 unspecified atom stereocenters. The fraction of sp³-hybridized carbons (Fsp3) is 0.444. The minimum Gasteiger partial charge on any atom is -0.466 e. The second kappa shape index (κ2) is 8.02. The monoisotopic (exact) mass is 341 g/mol. The van der Waals surface area contributed by atoms with Gasteiger partial charge in [0.2, 0.25) is 0 Å². The lowest BCUT2D eigenvalue weighted by atomic mass is 10.0. The highest BCUT2D eigenvalue weighted by molar-refractivity contribution is 5.86. The first kappa shape index (κ1) is 17.3. The molecule has 0 amide bonds. The van der Waals surface area contributed by atoms with E-state index in [1.165, 1.54) is 30.0 Å². The number of tetrazole rings is 1. The topological polar surface area (TPSA) is 73.1 Å². The van der Waals surface area contributed by atoms with E-state index in [-0.39, 0.29) is 5.97 Å². The highest BCUT2D eigenvalue weighted by Gasteiger charge is 2.25. The van der Waals surface area contributed by atoms with E-state index in [0.29, 0.717) is 6.04 Å². The molecule has 132 valence electrons. The van der Waals surface area contributed by atoms with Crippen LogP contribution in [0.1, 0.15) is 35.8 Å². The summed E-state index contributed by atoms with van der Waals surface area (Å²) in [5.74, 6) is 0.445. The summed E-state index contributed by atoms with van der Waals surface area (Å²) < 4.78 is 4.61. The number of esters is 1. The smallest absolute Gasteiger partial charge is 0.330 e. The van der Waals surface area contributed by atoms with Crippen LogP contribution in [-0.4, -0.2) is 51.3 Å². The molecule has 7 nitrogen and oxygen atoms in total. The van der Waals surface area contributed by atoms with Gasteiger partial charge in [0.1, 0.15) is 0 Å². The van der Waals surface area contributed by atoms with Crippen LogP contribution >= 0.6 is 0 Å². The predicted molar refractivity (Wildman–Crippen MR) is 93.5 cm³/mol. The van der Waals surface area contributed by atoms with E-state index in [9.17, 15) is 4.79 Å². The molecule has 1 aromatic heterocycles. The Balaban J connectivity index is 1.61. The zero-order valence-corrected chi connectivity index (χ0v) is 14.6. The maximum absolute atomic E-state index is 11.2. The highest BCUT2D eigenvalue weighted by atomic mass is 16.5. The predicted octanol–water partition coefficient (Wildman–Crippen LogP) is 1.78. The number of ether oxygens (including phenoxy) is 1. The zero-order valence-electron chi connectivity index (χ0n) is 14.6. The molecular formula is C18H23N5O2. The summed E-state index contributed by atoms with van der Waals surface area (Å²) in [6.07, 6.45) is 6.37. The third-order valence-corrected chi connectivity index (χ3v) is 4.47. The number of carbonyl (C=O) groups is 1. The molecule has 25 heavy (non-hydrogen) atoms. The van der Waals surface area contributed by atoms with Crippen molar-refractivity contribution >= 4 is 12.0 Å². The summed E-state index contributed by atoms with van der Waals surface area (Å²) in [6, 6.07) is 8.78. The molecule has 2 aromatic rings. The molecule has 0 radical (unpaired) electrons. The Morgan fingerprint density at radius 3 is 2.84 bits per heavy atom. The van der Waals surface area contributed by atoms with Crippen LogP contribution < -0.4 is 0 Å². The van der Waals surface area contributed by atoms with Crippen LogP contribution in [-0.2, 0) is 23.0 Å². The molecule has 1 aliphatic rings. The summed E-state index contributed by atoms with van der Waals surface area (Å²) in [4.78, 5) is 15.1. The van der Waals surface area contributed by atoms with Crippen molar-refractivity contribution in [1.29, 1.82) is 0 Å². The summed E-state index contributed by atoms with van der Waals surface area (Å²) in [5.41, 5.74) is 2.29. The molecule has 7 heteroatoms. The van der Waals surface area contributed by atoms with E-state index in [4.69, 9.17) is 0 Å². The van der Waals surface area contributed by atoms with Gasteiger partial charge in [0.25, 0.3) is 0 Å². The number of likely N-dealkylation sites (tertiary alicyclic amines) is 1. The third-order valence-electron chi connectivity index (χ3n) is 4.47. The number of aromatic nitrogens is 4. The summed E-state index contributed by atoms with van der Waals surface area (Å²) in [5, 5.41) is 12.2. The van der Waals surface area contributed by atoms with Crippen molar-refractivity contribution in [2.24, 2.45) is 7.05 Å². The van der Waals surface area contributed by atoms with E-state index in [1.807, 2.05) is 12.1 Å². The van der Waals surface area contributed by atoms with Gasteiger partial charge >= 0.3 is 5.97 Å². The number of hydrogen-bond acceptors (Lipinski definition) is 6. The van der Waals surface area contributed by atoms with Crippen LogP contribution in [0.15, 0.2) is 30.3 Å². The van der Waals surface area contributed by atoms with Crippen molar-refractivity contribution in [1.82, 2.24) is 25.1 Å². The van der Waals surface area contributed by atoms with E-state index in [0.717, 1.165) is 37.3 Å². The second-order valence-corrected chi connectivity index (χ2v) is 6.16. The highest BCUT2D eigenvalue weighted by Crippen LogP contribution is 2.32. The molecule has 2 heterocycles. The van der Waals surface area contributed by atoms with Gasteiger partial charge in [-0.25, -0.2) is 4.79 Å². The Hall–Kier alpha value is -2.54. The number of carbonyl (C=O) groups excluding carboxylic acids is 1. The van der Waals surface area contributed by atoms with Crippen LogP contribution in [0.3, 0.4) is 0 Å². The fourth-order valence-electron chi connectivity index (χ4n) is 3.20. The van der Waals surface area contributed by atoms with Crippen LogP contribution in [0.4, 0.5) is 0 Å². The minimum absolute atomic E-state index is 0.344. The van der Waals surface area contributed by atoms with Crippen LogP contribution in [0.2, 0.25) is 0 Å². The van der Waals surface area contributed by atoms with Gasteiger partial charge in [-0.3, -0.25) is 4.90 Å². The van der Waals surface area contributed by atoms with Gasteiger partial charge in [-0.05, 0) is 41.8 Å². The first-order valence-electron chi connectivity index (χ1n) is 8.48. The van der Waals surface area contributed by atoms with Crippen molar-refractivity contribution < 1.29 is 9.53 Å². The molecule has 1 saturated heterocycles. The lowest BCUT2D eigenvalue weighted by molar-refractivity contribution is -0.134. The van der Waals surface area contributed by atoms with E-state index in [1.54, 1.807) is 13.1 Å². The average Bonchev–Trinajstić information content (AvgIpc) is 3.27. The van der Waals surface area contributed by atoms with E-state index in [2.05, 4.69) is 37.2 Å². The molecular weight excluding hydrogens is 318 g/mol. The summed E-state index contributed by atoms with van der Waals surface area (Å²) >= 11 is 0. The Kier molecular flexibility index (Phi) is 5.55. The molecule has 0 bridgehead atoms. The van der Waals surface area contributed by atoms with E-state index >= 15 is 0 Å². The molecule has 0 aliphatic carbocycles. The van der Waals surface area contributed by atoms with Gasteiger partial charge in [0.05, 0.1) is 14.2 Å². The van der Waals surface area contributed by atoms with Gasteiger partial charge in [0, 0.05) is 25.1 Å². The Morgan fingerprint density at radius 1 is 1.36 bits per heavy atom. The number of methoxy groups -OCH3 is 1. The van der Waals surface area contributed by atoms with Gasteiger partial charge < -0.3 is 4.74 Å². The number of hydrogen-bond donors (Lipinski definition) is 0. The Bertz CT molecular complexity index is 738. The van der Waals surface area contributed by atoms with Gasteiger partial charge in [-0.2, -0.15) is 4.80 Å². The molecule has 1 aliphatic heterocycles. The van der Waals surface area contributed by atoms with Gasteiger partial charge in [-0.1, -0.05) is 24.3 Å². The van der Waals surface area contributed by atoms with Crippen LogP contribution in [0.25, 0.3) is 6.08 Å². The van der Waals surface area contributed by atoms with Crippen LogP contribution in [0, 0.1) is 0 Å². The largest absolute Gasteiger partial charge is 0.466 e.